The SMILES string of the molecule is CCCN(CCC)C(=O)c1cccc(S(=O)(=O)Nc2ccc(C)c(C)c2)c1. The van der Waals surface area contributed by atoms with Crippen molar-refractivity contribution in [1.29, 1.82) is 0 Å². The Morgan fingerprint density at radius 3 is 2.22 bits per heavy atom. The smallest absolute Gasteiger partial charge is 0.261 e. The summed E-state index contributed by atoms with van der Waals surface area (Å²) < 4.78 is 28.1. The van der Waals surface area contributed by atoms with Crippen LogP contribution in [0.15, 0.2) is 47.4 Å². The fourth-order valence-electron chi connectivity index (χ4n) is 2.85. The van der Waals surface area contributed by atoms with E-state index in [9.17, 15) is 13.2 Å². The third kappa shape index (κ3) is 5.32. The van der Waals surface area contributed by atoms with Crippen molar-refractivity contribution in [3.05, 3.63) is 59.2 Å². The van der Waals surface area contributed by atoms with Gasteiger partial charge in [-0.15, -0.1) is 0 Å². The Balaban J connectivity index is 2.29. The number of rotatable bonds is 8. The first-order chi connectivity index (χ1) is 12.8. The molecule has 0 aliphatic rings. The Labute approximate surface area is 162 Å². The lowest BCUT2D eigenvalue weighted by atomic mass is 10.1. The van der Waals surface area contributed by atoms with Crippen LogP contribution in [0.2, 0.25) is 0 Å². The van der Waals surface area contributed by atoms with Gasteiger partial charge in [-0.25, -0.2) is 8.42 Å². The predicted octanol–water partition coefficient (Wildman–Crippen LogP) is 4.37. The van der Waals surface area contributed by atoms with Crippen molar-refractivity contribution in [1.82, 2.24) is 4.90 Å². The van der Waals surface area contributed by atoms with Gasteiger partial charge in [-0.05, 0) is 68.1 Å². The summed E-state index contributed by atoms with van der Waals surface area (Å²) in [6.07, 6.45) is 1.72. The molecule has 146 valence electrons. The number of amides is 1. The maximum atomic E-state index is 12.8. The lowest BCUT2D eigenvalue weighted by molar-refractivity contribution is 0.0755. The normalized spacial score (nSPS) is 11.3. The quantitative estimate of drug-likeness (QED) is 0.730. The molecule has 2 rings (SSSR count). The highest BCUT2D eigenvalue weighted by Gasteiger charge is 2.19. The molecule has 0 aliphatic heterocycles. The molecule has 6 heteroatoms. The van der Waals surface area contributed by atoms with Gasteiger partial charge >= 0.3 is 0 Å². The molecule has 27 heavy (non-hydrogen) atoms. The molecule has 1 N–H and O–H groups in total. The molecule has 0 bridgehead atoms. The summed E-state index contributed by atoms with van der Waals surface area (Å²) in [6, 6.07) is 11.6. The van der Waals surface area contributed by atoms with Crippen LogP contribution >= 0.6 is 0 Å². The first-order valence-electron chi connectivity index (χ1n) is 9.28. The molecule has 5 nitrogen and oxygen atoms in total. The van der Waals surface area contributed by atoms with Gasteiger partial charge in [-0.1, -0.05) is 26.0 Å². The lowest BCUT2D eigenvalue weighted by Gasteiger charge is -2.21. The van der Waals surface area contributed by atoms with Crippen molar-refractivity contribution in [3.8, 4) is 0 Å². The van der Waals surface area contributed by atoms with E-state index in [-0.39, 0.29) is 10.8 Å². The van der Waals surface area contributed by atoms with Crippen LogP contribution in [0.3, 0.4) is 0 Å². The van der Waals surface area contributed by atoms with Crippen molar-refractivity contribution in [2.75, 3.05) is 17.8 Å². The van der Waals surface area contributed by atoms with Gasteiger partial charge in [0.2, 0.25) is 0 Å². The monoisotopic (exact) mass is 388 g/mol. The number of hydrogen-bond donors (Lipinski definition) is 1. The zero-order chi connectivity index (χ0) is 20.0. The van der Waals surface area contributed by atoms with Gasteiger partial charge in [0.15, 0.2) is 0 Å². The fourth-order valence-corrected chi connectivity index (χ4v) is 3.95. The van der Waals surface area contributed by atoms with E-state index in [4.69, 9.17) is 0 Å². The van der Waals surface area contributed by atoms with Crippen LogP contribution in [0, 0.1) is 13.8 Å². The highest BCUT2D eigenvalue weighted by atomic mass is 32.2. The molecule has 0 spiro atoms. The van der Waals surface area contributed by atoms with Crippen LogP contribution in [0.25, 0.3) is 0 Å². The van der Waals surface area contributed by atoms with Crippen LogP contribution in [-0.4, -0.2) is 32.3 Å². The minimum atomic E-state index is -3.77. The topological polar surface area (TPSA) is 66.5 Å². The summed E-state index contributed by atoms with van der Waals surface area (Å²) in [5.41, 5.74) is 3.00. The minimum Gasteiger partial charge on any atom is -0.339 e. The molecule has 0 heterocycles. The highest BCUT2D eigenvalue weighted by Crippen LogP contribution is 2.20. The Kier molecular flexibility index (Phi) is 7.02. The second-order valence-corrected chi connectivity index (χ2v) is 8.41. The molecule has 2 aromatic carbocycles. The van der Waals surface area contributed by atoms with Crippen molar-refractivity contribution in [3.63, 3.8) is 0 Å². The molecule has 0 aromatic heterocycles. The van der Waals surface area contributed by atoms with Crippen molar-refractivity contribution >= 4 is 21.6 Å². The number of aryl methyl sites for hydroxylation is 2. The molecule has 0 atom stereocenters. The third-order valence-corrected chi connectivity index (χ3v) is 5.80. The number of nitrogens with zero attached hydrogens (tertiary/aromatic N) is 1. The van der Waals surface area contributed by atoms with Gasteiger partial charge in [0.05, 0.1) is 4.90 Å². The molecule has 0 unspecified atom stereocenters. The van der Waals surface area contributed by atoms with E-state index in [1.54, 1.807) is 29.2 Å². The van der Waals surface area contributed by atoms with Gasteiger partial charge in [0.25, 0.3) is 15.9 Å². The molecular formula is C21H28N2O3S. The second kappa shape index (κ2) is 9.04. The molecule has 0 radical (unpaired) electrons. The summed E-state index contributed by atoms with van der Waals surface area (Å²) >= 11 is 0. The highest BCUT2D eigenvalue weighted by molar-refractivity contribution is 7.92. The van der Waals surface area contributed by atoms with E-state index in [0.29, 0.717) is 24.3 Å². The lowest BCUT2D eigenvalue weighted by Crippen LogP contribution is -2.32. The Bertz CT molecular complexity index is 901. The van der Waals surface area contributed by atoms with Crippen LogP contribution in [0.1, 0.15) is 48.2 Å². The van der Waals surface area contributed by atoms with Crippen LogP contribution in [0.4, 0.5) is 5.69 Å². The molecule has 2 aromatic rings. The number of benzene rings is 2. The number of carbonyl (C=O) groups excluding carboxylic acids is 1. The molecule has 0 aliphatic carbocycles. The summed E-state index contributed by atoms with van der Waals surface area (Å²) in [4.78, 5) is 14.6. The summed E-state index contributed by atoms with van der Waals surface area (Å²) in [6.45, 7) is 9.26. The maximum Gasteiger partial charge on any atom is 0.261 e. The van der Waals surface area contributed by atoms with Crippen molar-refractivity contribution < 1.29 is 13.2 Å². The summed E-state index contributed by atoms with van der Waals surface area (Å²) in [5, 5.41) is 0. The molecule has 1 amide bonds. The molecule has 0 saturated carbocycles. The van der Waals surface area contributed by atoms with Crippen LogP contribution < -0.4 is 4.72 Å². The summed E-state index contributed by atoms with van der Waals surface area (Å²) in [5.74, 6) is -0.137. The van der Waals surface area contributed by atoms with Gasteiger partial charge in [-0.3, -0.25) is 9.52 Å². The average Bonchev–Trinajstić information content (AvgIpc) is 2.64. The second-order valence-electron chi connectivity index (χ2n) is 6.72. The molecule has 0 saturated heterocycles. The first-order valence-corrected chi connectivity index (χ1v) is 10.8. The third-order valence-electron chi connectivity index (χ3n) is 4.42. The minimum absolute atomic E-state index is 0.0829. The Morgan fingerprint density at radius 2 is 1.63 bits per heavy atom. The predicted molar refractivity (Wildman–Crippen MR) is 110 cm³/mol. The van der Waals surface area contributed by atoms with Crippen LogP contribution in [-0.2, 0) is 10.0 Å². The molecular weight excluding hydrogens is 360 g/mol. The summed E-state index contributed by atoms with van der Waals surface area (Å²) in [7, 11) is -3.77. The van der Waals surface area contributed by atoms with E-state index in [1.165, 1.54) is 12.1 Å². The van der Waals surface area contributed by atoms with Crippen LogP contribution in [0.5, 0.6) is 0 Å². The largest absolute Gasteiger partial charge is 0.339 e. The van der Waals surface area contributed by atoms with E-state index in [1.807, 2.05) is 33.8 Å². The van der Waals surface area contributed by atoms with Gasteiger partial charge in [-0.2, -0.15) is 0 Å². The van der Waals surface area contributed by atoms with Gasteiger partial charge in [0.1, 0.15) is 0 Å². The van der Waals surface area contributed by atoms with E-state index in [2.05, 4.69) is 4.72 Å². The standard InChI is InChI=1S/C21H28N2O3S/c1-5-12-23(13-6-2)21(24)18-8-7-9-20(15-18)27(25,26)22-19-11-10-16(3)17(4)14-19/h7-11,14-15,22H,5-6,12-13H2,1-4H3. The number of hydrogen-bond acceptors (Lipinski definition) is 3. The fraction of sp³-hybridized carbons (Fsp3) is 0.381. The Morgan fingerprint density at radius 1 is 0.963 bits per heavy atom. The van der Waals surface area contributed by atoms with E-state index >= 15 is 0 Å². The zero-order valence-corrected chi connectivity index (χ0v) is 17.3. The number of carbonyl (C=O) groups is 1. The van der Waals surface area contributed by atoms with Gasteiger partial charge < -0.3 is 4.90 Å². The zero-order valence-electron chi connectivity index (χ0n) is 16.5. The van der Waals surface area contributed by atoms with Crippen molar-refractivity contribution in [2.24, 2.45) is 0 Å². The van der Waals surface area contributed by atoms with Crippen molar-refractivity contribution in [2.45, 2.75) is 45.4 Å². The van der Waals surface area contributed by atoms with E-state index < -0.39 is 10.0 Å². The first kappa shape index (κ1) is 21.0. The van der Waals surface area contributed by atoms with Gasteiger partial charge in [0, 0.05) is 24.3 Å². The molecule has 0 fully saturated rings. The number of nitrogens with one attached hydrogen (secondary N) is 1. The number of sulfonamides is 1. The maximum absolute atomic E-state index is 12.8. The number of anilines is 1. The van der Waals surface area contributed by atoms with E-state index in [0.717, 1.165) is 24.0 Å². The average molecular weight is 389 g/mol. The Hall–Kier alpha value is -2.34.